The Kier molecular flexibility index (Phi) is 5.16. The standard InChI is InChI=1S/C27H34O6/c1-15-18(28)12-17-22(33-24(30)16-8-6-5-7-9-16)23-26(4,11-10-20-27(23,31)14-32-20)13-19(29)21(15)25(17,2)3/h5-9,17-18,20,22-23,28,31H,10-14H2,1-4H3/t17-,18-,20+,22+,23-,26-,27-/m0/s1. The molecule has 1 aromatic carbocycles. The molecule has 2 N–H and O–H groups in total. The molecule has 0 aromatic heterocycles. The van der Waals surface area contributed by atoms with Gasteiger partial charge < -0.3 is 19.7 Å². The lowest BCUT2D eigenvalue weighted by Crippen LogP contribution is -2.73. The van der Waals surface area contributed by atoms with Gasteiger partial charge in [-0.05, 0) is 54.7 Å². The maximum Gasteiger partial charge on any atom is 0.338 e. The van der Waals surface area contributed by atoms with Crippen molar-refractivity contribution in [2.24, 2.45) is 22.7 Å². The highest BCUT2D eigenvalue weighted by atomic mass is 16.6. The van der Waals surface area contributed by atoms with Gasteiger partial charge in [0.25, 0.3) is 0 Å². The Morgan fingerprint density at radius 3 is 2.52 bits per heavy atom. The summed E-state index contributed by atoms with van der Waals surface area (Å²) >= 11 is 0. The fraction of sp³-hybridized carbons (Fsp3) is 0.630. The van der Waals surface area contributed by atoms with Crippen LogP contribution in [0.25, 0.3) is 0 Å². The average Bonchev–Trinajstić information content (AvgIpc) is 2.74. The molecule has 0 spiro atoms. The first-order valence-corrected chi connectivity index (χ1v) is 12.0. The number of aliphatic hydroxyl groups excluding tert-OH is 1. The van der Waals surface area contributed by atoms with Crippen molar-refractivity contribution in [1.82, 2.24) is 0 Å². The van der Waals surface area contributed by atoms with Gasteiger partial charge in [-0.25, -0.2) is 4.79 Å². The number of carbonyl (C=O) groups is 2. The summed E-state index contributed by atoms with van der Waals surface area (Å²) in [7, 11) is 0. The summed E-state index contributed by atoms with van der Waals surface area (Å²) in [5.74, 6) is -1.20. The van der Waals surface area contributed by atoms with Crippen molar-refractivity contribution in [3.63, 3.8) is 0 Å². The average molecular weight is 455 g/mol. The first-order valence-electron chi connectivity index (χ1n) is 12.0. The summed E-state index contributed by atoms with van der Waals surface area (Å²) in [5.41, 5.74) is -0.499. The normalized spacial score (nSPS) is 41.8. The van der Waals surface area contributed by atoms with Gasteiger partial charge in [-0.3, -0.25) is 4.79 Å². The van der Waals surface area contributed by atoms with Crippen LogP contribution < -0.4 is 0 Å². The van der Waals surface area contributed by atoms with Crippen LogP contribution in [-0.2, 0) is 14.3 Å². The van der Waals surface area contributed by atoms with Crippen molar-refractivity contribution < 1.29 is 29.3 Å². The van der Waals surface area contributed by atoms with Crippen LogP contribution in [0.15, 0.2) is 41.5 Å². The van der Waals surface area contributed by atoms with E-state index in [4.69, 9.17) is 9.47 Å². The van der Waals surface area contributed by atoms with Crippen LogP contribution in [0.4, 0.5) is 0 Å². The molecule has 0 amide bonds. The van der Waals surface area contributed by atoms with Crippen LogP contribution in [0.1, 0.15) is 63.7 Å². The third-order valence-electron chi connectivity index (χ3n) is 9.10. The number of aliphatic hydroxyl groups is 2. The number of esters is 1. The number of hydrogen-bond acceptors (Lipinski definition) is 6. The van der Waals surface area contributed by atoms with Crippen LogP contribution in [0.2, 0.25) is 0 Å². The van der Waals surface area contributed by atoms with Crippen molar-refractivity contribution in [2.45, 2.75) is 77.3 Å². The van der Waals surface area contributed by atoms with Gasteiger partial charge in [0.1, 0.15) is 11.7 Å². The van der Waals surface area contributed by atoms with E-state index >= 15 is 0 Å². The second kappa shape index (κ2) is 7.49. The quantitative estimate of drug-likeness (QED) is 0.665. The van der Waals surface area contributed by atoms with E-state index in [2.05, 4.69) is 0 Å². The molecule has 3 fully saturated rings. The molecular weight excluding hydrogens is 420 g/mol. The Morgan fingerprint density at radius 2 is 1.88 bits per heavy atom. The molecule has 6 nitrogen and oxygen atoms in total. The lowest BCUT2D eigenvalue weighted by Gasteiger charge is -2.64. The van der Waals surface area contributed by atoms with Gasteiger partial charge in [0.2, 0.25) is 0 Å². The summed E-state index contributed by atoms with van der Waals surface area (Å²) in [6, 6.07) is 8.86. The van der Waals surface area contributed by atoms with E-state index < -0.39 is 40.5 Å². The van der Waals surface area contributed by atoms with E-state index in [0.29, 0.717) is 30.4 Å². The number of ketones is 1. The summed E-state index contributed by atoms with van der Waals surface area (Å²) in [5, 5.41) is 22.8. The zero-order chi connectivity index (χ0) is 23.8. The molecule has 0 radical (unpaired) electrons. The monoisotopic (exact) mass is 454 g/mol. The van der Waals surface area contributed by atoms with Gasteiger partial charge in [0.15, 0.2) is 5.78 Å². The van der Waals surface area contributed by atoms with Crippen LogP contribution >= 0.6 is 0 Å². The summed E-state index contributed by atoms with van der Waals surface area (Å²) in [6.45, 7) is 8.07. The highest BCUT2D eigenvalue weighted by Crippen LogP contribution is 2.61. The van der Waals surface area contributed by atoms with Gasteiger partial charge in [-0.15, -0.1) is 0 Å². The van der Waals surface area contributed by atoms with E-state index in [1.807, 2.05) is 33.8 Å². The number of hydrogen-bond donors (Lipinski definition) is 2. The van der Waals surface area contributed by atoms with Gasteiger partial charge in [0.05, 0.1) is 24.4 Å². The van der Waals surface area contributed by atoms with E-state index in [9.17, 15) is 19.8 Å². The first kappa shape index (κ1) is 22.8. The number of Topliss-reactive ketones (excluding diaryl/α,β-unsaturated/α-hetero) is 1. The predicted octanol–water partition coefficient (Wildman–Crippen LogP) is 3.45. The topological polar surface area (TPSA) is 93.1 Å². The molecule has 5 rings (SSSR count). The van der Waals surface area contributed by atoms with Crippen molar-refractivity contribution in [1.29, 1.82) is 0 Å². The summed E-state index contributed by atoms with van der Waals surface area (Å²) in [6.07, 6.45) is 0.230. The molecule has 3 aliphatic carbocycles. The molecule has 33 heavy (non-hydrogen) atoms. The highest BCUT2D eigenvalue weighted by molar-refractivity contribution is 5.98. The van der Waals surface area contributed by atoms with Crippen molar-refractivity contribution in [3.8, 4) is 0 Å². The lowest BCUT2D eigenvalue weighted by molar-refractivity contribution is -0.319. The molecule has 0 unspecified atom stereocenters. The molecule has 178 valence electrons. The molecule has 1 aromatic rings. The molecular formula is C27H34O6. The first-order chi connectivity index (χ1) is 15.5. The highest BCUT2D eigenvalue weighted by Gasteiger charge is 2.68. The van der Waals surface area contributed by atoms with Gasteiger partial charge in [-0.2, -0.15) is 0 Å². The second-order valence-corrected chi connectivity index (χ2v) is 11.4. The molecule has 1 saturated heterocycles. The van der Waals surface area contributed by atoms with Crippen LogP contribution in [-0.4, -0.2) is 52.5 Å². The number of fused-ring (bicyclic) bond motifs is 5. The van der Waals surface area contributed by atoms with E-state index in [0.717, 1.165) is 5.57 Å². The number of benzene rings is 1. The number of rotatable bonds is 2. The maximum atomic E-state index is 13.7. The molecule has 2 bridgehead atoms. The van der Waals surface area contributed by atoms with E-state index in [1.165, 1.54) is 0 Å². The minimum absolute atomic E-state index is 0.0314. The minimum atomic E-state index is -1.16. The zero-order valence-corrected chi connectivity index (χ0v) is 19.8. The zero-order valence-electron chi connectivity index (χ0n) is 19.8. The van der Waals surface area contributed by atoms with E-state index in [1.54, 1.807) is 24.3 Å². The van der Waals surface area contributed by atoms with E-state index in [-0.39, 0.29) is 30.8 Å². The molecule has 2 saturated carbocycles. The summed E-state index contributed by atoms with van der Waals surface area (Å²) < 4.78 is 12.0. The maximum absolute atomic E-state index is 13.7. The Bertz CT molecular complexity index is 1010. The van der Waals surface area contributed by atoms with Crippen molar-refractivity contribution in [2.75, 3.05) is 6.61 Å². The Morgan fingerprint density at radius 1 is 1.18 bits per heavy atom. The number of allylic oxidation sites excluding steroid dienone is 1. The Hall–Kier alpha value is -2.02. The van der Waals surface area contributed by atoms with Gasteiger partial charge >= 0.3 is 5.97 Å². The Balaban J connectivity index is 1.67. The van der Waals surface area contributed by atoms with Gasteiger partial charge in [-0.1, -0.05) is 39.0 Å². The predicted molar refractivity (Wildman–Crippen MR) is 121 cm³/mol. The second-order valence-electron chi connectivity index (χ2n) is 11.4. The number of carbonyl (C=O) groups excluding carboxylic acids is 2. The van der Waals surface area contributed by atoms with Crippen LogP contribution in [0.3, 0.4) is 0 Å². The summed E-state index contributed by atoms with van der Waals surface area (Å²) in [4.78, 5) is 27.0. The fourth-order valence-corrected chi connectivity index (χ4v) is 7.39. The molecule has 4 aliphatic rings. The van der Waals surface area contributed by atoms with Crippen LogP contribution in [0, 0.1) is 22.7 Å². The molecule has 1 aliphatic heterocycles. The third kappa shape index (κ3) is 3.25. The Labute approximate surface area is 195 Å². The largest absolute Gasteiger partial charge is 0.458 e. The third-order valence-corrected chi connectivity index (χ3v) is 9.10. The minimum Gasteiger partial charge on any atom is -0.458 e. The van der Waals surface area contributed by atoms with Crippen LogP contribution in [0.5, 0.6) is 0 Å². The van der Waals surface area contributed by atoms with Crippen molar-refractivity contribution in [3.05, 3.63) is 47.0 Å². The fourth-order valence-electron chi connectivity index (χ4n) is 7.39. The smallest absolute Gasteiger partial charge is 0.338 e. The lowest BCUT2D eigenvalue weighted by atomic mass is 9.47. The number of ether oxygens (including phenoxy) is 2. The van der Waals surface area contributed by atoms with Gasteiger partial charge in [0, 0.05) is 23.8 Å². The van der Waals surface area contributed by atoms with Crippen molar-refractivity contribution >= 4 is 11.8 Å². The SMILES string of the molecule is CC1=C2C(=O)C[C@]3(C)CC[C@H]4OC[C@@]4(O)[C@H]3[C@H](OC(=O)c3ccccc3)[C@H](C[C@@H]1O)C2(C)C. The molecule has 7 atom stereocenters. The molecule has 6 heteroatoms. The molecule has 1 heterocycles.